The fourth-order valence-corrected chi connectivity index (χ4v) is 4.27. The largest absolute Gasteiger partial charge is 0.454 e. The van der Waals surface area contributed by atoms with Crippen LogP contribution in [0.5, 0.6) is 11.5 Å². The lowest BCUT2D eigenvalue weighted by Crippen LogP contribution is -2.45. The van der Waals surface area contributed by atoms with Gasteiger partial charge in [-0.25, -0.2) is 4.79 Å². The first kappa shape index (κ1) is 19.2. The maximum absolute atomic E-state index is 12.1. The Bertz CT molecular complexity index is 1120. The maximum atomic E-state index is 12.1. The lowest BCUT2D eigenvalue weighted by Gasteiger charge is -2.34. The Kier molecular flexibility index (Phi) is 5.19. The van der Waals surface area contributed by atoms with E-state index in [4.69, 9.17) is 13.9 Å². The molecular weight excluding hydrogens is 380 g/mol. The minimum absolute atomic E-state index is 0.271. The van der Waals surface area contributed by atoms with Crippen LogP contribution in [-0.4, -0.2) is 42.8 Å². The van der Waals surface area contributed by atoms with E-state index in [2.05, 4.69) is 41.0 Å². The van der Waals surface area contributed by atoms with E-state index in [1.54, 1.807) is 6.07 Å². The van der Waals surface area contributed by atoms with Gasteiger partial charge >= 0.3 is 5.63 Å². The first-order chi connectivity index (χ1) is 14.7. The average molecular weight is 406 g/mol. The molecule has 0 spiro atoms. The monoisotopic (exact) mass is 406 g/mol. The molecule has 3 aromatic rings. The molecule has 30 heavy (non-hydrogen) atoms. The van der Waals surface area contributed by atoms with E-state index in [0.29, 0.717) is 12.4 Å². The zero-order chi connectivity index (χ0) is 20.5. The Labute approximate surface area is 175 Å². The van der Waals surface area contributed by atoms with E-state index in [-0.39, 0.29) is 5.63 Å². The normalized spacial score (nSPS) is 17.0. The molecule has 5 rings (SSSR count). The minimum atomic E-state index is -0.271. The Balaban J connectivity index is 1.24. The standard InChI is InChI=1S/C24H26N2O4/c1-2-17-3-5-20-19(13-24(27)30-22(20)11-17)15-26-9-7-25(8-10-26)14-18-4-6-21-23(12-18)29-16-28-21/h3-6,11-13H,2,7-10,14-16H2,1H3. The molecule has 0 N–H and O–H groups in total. The first-order valence-electron chi connectivity index (χ1n) is 10.6. The van der Waals surface area contributed by atoms with Crippen molar-refractivity contribution in [3.05, 3.63) is 69.6 Å². The van der Waals surface area contributed by atoms with Gasteiger partial charge in [0, 0.05) is 50.7 Å². The molecular formula is C24H26N2O4. The van der Waals surface area contributed by atoms with Gasteiger partial charge in [0.25, 0.3) is 0 Å². The summed E-state index contributed by atoms with van der Waals surface area (Å²) in [6.45, 7) is 8.02. The highest BCUT2D eigenvalue weighted by molar-refractivity contribution is 5.80. The van der Waals surface area contributed by atoms with Crippen LogP contribution in [0.1, 0.15) is 23.6 Å². The average Bonchev–Trinajstić information content (AvgIpc) is 3.22. The van der Waals surface area contributed by atoms with Gasteiger partial charge in [-0.3, -0.25) is 9.80 Å². The van der Waals surface area contributed by atoms with E-state index >= 15 is 0 Å². The van der Waals surface area contributed by atoms with Crippen molar-refractivity contribution in [2.75, 3.05) is 33.0 Å². The summed E-state index contributed by atoms with van der Waals surface area (Å²) in [5.74, 6) is 1.67. The number of benzene rings is 2. The lowest BCUT2D eigenvalue weighted by molar-refractivity contribution is 0.122. The van der Waals surface area contributed by atoms with Crippen LogP contribution in [0.15, 0.2) is 51.7 Å². The Morgan fingerprint density at radius 3 is 2.37 bits per heavy atom. The van der Waals surface area contributed by atoms with Crippen molar-refractivity contribution in [1.29, 1.82) is 0 Å². The van der Waals surface area contributed by atoms with Gasteiger partial charge in [-0.15, -0.1) is 0 Å². The predicted molar refractivity (Wildman–Crippen MR) is 115 cm³/mol. The van der Waals surface area contributed by atoms with Crippen molar-refractivity contribution in [1.82, 2.24) is 9.80 Å². The zero-order valence-corrected chi connectivity index (χ0v) is 17.2. The number of nitrogens with zero attached hydrogens (tertiary/aromatic N) is 2. The smallest absolute Gasteiger partial charge is 0.336 e. The fraction of sp³-hybridized carbons (Fsp3) is 0.375. The summed E-state index contributed by atoms with van der Waals surface area (Å²) in [5, 5.41) is 1.04. The summed E-state index contributed by atoms with van der Waals surface area (Å²) in [7, 11) is 0. The molecule has 1 saturated heterocycles. The lowest BCUT2D eigenvalue weighted by atomic mass is 10.1. The molecule has 1 fully saturated rings. The number of fused-ring (bicyclic) bond motifs is 2. The van der Waals surface area contributed by atoms with Crippen LogP contribution in [0.3, 0.4) is 0 Å². The van der Waals surface area contributed by atoms with Crippen LogP contribution >= 0.6 is 0 Å². The zero-order valence-electron chi connectivity index (χ0n) is 17.2. The molecule has 156 valence electrons. The van der Waals surface area contributed by atoms with Crippen molar-refractivity contribution in [3.63, 3.8) is 0 Å². The highest BCUT2D eigenvalue weighted by Crippen LogP contribution is 2.33. The van der Waals surface area contributed by atoms with Gasteiger partial charge < -0.3 is 13.9 Å². The van der Waals surface area contributed by atoms with Crippen LogP contribution in [-0.2, 0) is 19.5 Å². The van der Waals surface area contributed by atoms with Crippen LogP contribution in [0, 0.1) is 0 Å². The number of rotatable bonds is 5. The predicted octanol–water partition coefficient (Wildman–Crippen LogP) is 3.40. The molecule has 3 heterocycles. The molecule has 2 aliphatic rings. The van der Waals surface area contributed by atoms with Crippen LogP contribution in [0.25, 0.3) is 11.0 Å². The summed E-state index contributed by atoms with van der Waals surface area (Å²) in [4.78, 5) is 16.9. The molecule has 6 nitrogen and oxygen atoms in total. The van der Waals surface area contributed by atoms with Gasteiger partial charge in [-0.05, 0) is 41.3 Å². The summed E-state index contributed by atoms with van der Waals surface area (Å²) in [6, 6.07) is 14.0. The molecule has 1 aromatic heterocycles. The Morgan fingerprint density at radius 2 is 1.57 bits per heavy atom. The van der Waals surface area contributed by atoms with Crippen LogP contribution < -0.4 is 15.1 Å². The molecule has 0 saturated carbocycles. The van der Waals surface area contributed by atoms with Crippen molar-refractivity contribution >= 4 is 11.0 Å². The number of hydrogen-bond donors (Lipinski definition) is 0. The van der Waals surface area contributed by atoms with Crippen molar-refractivity contribution in [2.45, 2.75) is 26.4 Å². The Morgan fingerprint density at radius 1 is 0.833 bits per heavy atom. The summed E-state index contributed by atoms with van der Waals surface area (Å²) in [5.41, 5.74) is 3.89. The third-order valence-corrected chi connectivity index (χ3v) is 6.00. The van der Waals surface area contributed by atoms with Crippen molar-refractivity contribution < 1.29 is 13.9 Å². The maximum Gasteiger partial charge on any atom is 0.336 e. The molecule has 2 aromatic carbocycles. The van der Waals surface area contributed by atoms with Gasteiger partial charge in [-0.1, -0.05) is 25.1 Å². The van der Waals surface area contributed by atoms with Crippen LogP contribution in [0.2, 0.25) is 0 Å². The third-order valence-electron chi connectivity index (χ3n) is 6.00. The highest BCUT2D eigenvalue weighted by atomic mass is 16.7. The molecule has 0 atom stereocenters. The van der Waals surface area contributed by atoms with E-state index in [9.17, 15) is 4.79 Å². The van der Waals surface area contributed by atoms with Gasteiger partial charge in [0.15, 0.2) is 11.5 Å². The summed E-state index contributed by atoms with van der Waals surface area (Å²) in [6.07, 6.45) is 0.926. The second-order valence-electron chi connectivity index (χ2n) is 8.01. The van der Waals surface area contributed by atoms with E-state index < -0.39 is 0 Å². The quantitative estimate of drug-likeness (QED) is 0.606. The highest BCUT2D eigenvalue weighted by Gasteiger charge is 2.20. The van der Waals surface area contributed by atoms with Gasteiger partial charge in [0.2, 0.25) is 6.79 Å². The van der Waals surface area contributed by atoms with Crippen LogP contribution in [0.4, 0.5) is 0 Å². The van der Waals surface area contributed by atoms with Crippen molar-refractivity contribution in [2.24, 2.45) is 0 Å². The van der Waals surface area contributed by atoms with E-state index in [0.717, 1.165) is 68.1 Å². The van der Waals surface area contributed by atoms with Gasteiger partial charge in [-0.2, -0.15) is 0 Å². The van der Waals surface area contributed by atoms with Gasteiger partial charge in [0.05, 0.1) is 0 Å². The summed E-state index contributed by atoms with van der Waals surface area (Å²) >= 11 is 0. The molecule has 0 bridgehead atoms. The van der Waals surface area contributed by atoms with E-state index in [1.807, 2.05) is 12.1 Å². The minimum Gasteiger partial charge on any atom is -0.454 e. The fourth-order valence-electron chi connectivity index (χ4n) is 4.27. The SMILES string of the molecule is CCc1ccc2c(CN3CCN(Cc4ccc5c(c4)OCO5)CC3)cc(=O)oc2c1. The molecule has 0 radical (unpaired) electrons. The van der Waals surface area contributed by atoms with E-state index in [1.165, 1.54) is 11.1 Å². The number of aryl methyl sites for hydroxylation is 1. The molecule has 0 unspecified atom stereocenters. The second-order valence-corrected chi connectivity index (χ2v) is 8.01. The number of piperazine rings is 1. The molecule has 6 heteroatoms. The third kappa shape index (κ3) is 3.93. The second kappa shape index (κ2) is 8.13. The molecule has 0 aliphatic carbocycles. The summed E-state index contributed by atoms with van der Waals surface area (Å²) < 4.78 is 16.3. The van der Waals surface area contributed by atoms with Crippen molar-refractivity contribution in [3.8, 4) is 11.5 Å². The molecule has 2 aliphatic heterocycles. The number of ether oxygens (including phenoxy) is 2. The number of hydrogen-bond acceptors (Lipinski definition) is 6. The first-order valence-corrected chi connectivity index (χ1v) is 10.6. The molecule has 0 amide bonds. The topological polar surface area (TPSA) is 55.2 Å². The Hall–Kier alpha value is -2.83. The van der Waals surface area contributed by atoms with Gasteiger partial charge in [0.1, 0.15) is 5.58 Å².